The smallest absolute Gasteiger partial charge is 0.306 e. The summed E-state index contributed by atoms with van der Waals surface area (Å²) in [7, 11) is 1.65. The van der Waals surface area contributed by atoms with Crippen molar-refractivity contribution < 1.29 is 19.4 Å². The van der Waals surface area contributed by atoms with Gasteiger partial charge in [0.2, 0.25) is 5.91 Å². The van der Waals surface area contributed by atoms with Gasteiger partial charge in [0.1, 0.15) is 5.75 Å². The highest BCUT2D eigenvalue weighted by molar-refractivity contribution is 5.77. The number of aliphatic carboxylic acids is 1. The van der Waals surface area contributed by atoms with Crippen LogP contribution in [0.2, 0.25) is 0 Å². The highest BCUT2D eigenvalue weighted by Crippen LogP contribution is 2.24. The van der Waals surface area contributed by atoms with Gasteiger partial charge in [0.05, 0.1) is 13.0 Å². The fraction of sp³-hybridized carbons (Fsp3) is 0.556. The van der Waals surface area contributed by atoms with Crippen molar-refractivity contribution in [3.05, 3.63) is 29.8 Å². The highest BCUT2D eigenvalue weighted by atomic mass is 16.5. The summed E-state index contributed by atoms with van der Waals surface area (Å²) in [5, 5.41) is 9.01. The number of carboxylic acid groups (broad SMARTS) is 1. The summed E-state index contributed by atoms with van der Waals surface area (Å²) < 4.78 is 5.35. The van der Waals surface area contributed by atoms with E-state index in [0.717, 1.165) is 17.7 Å². The molecule has 0 aromatic heterocycles. The third-order valence-corrected chi connectivity index (χ3v) is 4.48. The van der Waals surface area contributed by atoms with E-state index in [1.165, 1.54) is 0 Å². The van der Waals surface area contributed by atoms with E-state index in [2.05, 4.69) is 6.92 Å². The molecule has 0 unspecified atom stereocenters. The Labute approximate surface area is 137 Å². The van der Waals surface area contributed by atoms with E-state index >= 15 is 0 Å². The Balaban J connectivity index is 1.84. The van der Waals surface area contributed by atoms with Crippen molar-refractivity contribution in [2.45, 2.75) is 32.6 Å². The second-order valence-electron chi connectivity index (χ2n) is 6.32. The maximum Gasteiger partial charge on any atom is 0.306 e. The Bertz CT molecular complexity index is 550. The van der Waals surface area contributed by atoms with E-state index in [4.69, 9.17) is 9.84 Å². The second kappa shape index (κ2) is 7.99. The minimum atomic E-state index is -0.748. The number of likely N-dealkylation sites (tertiary alicyclic amines) is 1. The number of methoxy groups -OCH3 is 1. The summed E-state index contributed by atoms with van der Waals surface area (Å²) in [4.78, 5) is 25.1. The number of benzene rings is 1. The Morgan fingerprint density at radius 3 is 2.57 bits per heavy atom. The average Bonchev–Trinajstić information content (AvgIpc) is 2.55. The fourth-order valence-corrected chi connectivity index (χ4v) is 3.12. The van der Waals surface area contributed by atoms with Gasteiger partial charge in [0.15, 0.2) is 0 Å². The van der Waals surface area contributed by atoms with Crippen LogP contribution in [0.4, 0.5) is 0 Å². The van der Waals surface area contributed by atoms with Crippen molar-refractivity contribution in [1.82, 2.24) is 4.90 Å². The number of hydrogen-bond acceptors (Lipinski definition) is 3. The minimum absolute atomic E-state index is 0.122. The lowest BCUT2D eigenvalue weighted by atomic mass is 9.94. The number of para-hydroxylation sites is 1. The summed E-state index contributed by atoms with van der Waals surface area (Å²) in [5.74, 6) is 0.146. The zero-order valence-corrected chi connectivity index (χ0v) is 13.8. The standard InChI is InChI=1S/C18H25NO4/c1-13(11-15-5-3-4-6-16(15)23-2)12-17(20)19-9-7-14(8-10-19)18(21)22/h3-6,13-14H,7-12H2,1-2H3,(H,21,22)/t13-/m0/s1. The number of carbonyl (C=O) groups is 2. The van der Waals surface area contributed by atoms with E-state index in [0.29, 0.717) is 32.4 Å². The molecule has 1 atom stereocenters. The van der Waals surface area contributed by atoms with E-state index in [-0.39, 0.29) is 17.7 Å². The Kier molecular flexibility index (Phi) is 6.02. The summed E-state index contributed by atoms with van der Waals surface area (Å²) in [6, 6.07) is 7.87. The first-order chi connectivity index (χ1) is 11.0. The number of rotatable bonds is 6. The summed E-state index contributed by atoms with van der Waals surface area (Å²) >= 11 is 0. The summed E-state index contributed by atoms with van der Waals surface area (Å²) in [6.45, 7) is 3.17. The normalized spacial score (nSPS) is 16.9. The first-order valence-electron chi connectivity index (χ1n) is 8.13. The van der Waals surface area contributed by atoms with Crippen LogP contribution in [0.3, 0.4) is 0 Å². The number of amides is 1. The number of hydrogen-bond donors (Lipinski definition) is 1. The van der Waals surface area contributed by atoms with E-state index in [1.807, 2.05) is 24.3 Å². The monoisotopic (exact) mass is 319 g/mol. The Hall–Kier alpha value is -2.04. The van der Waals surface area contributed by atoms with Gasteiger partial charge in [-0.15, -0.1) is 0 Å². The highest BCUT2D eigenvalue weighted by Gasteiger charge is 2.27. The van der Waals surface area contributed by atoms with Gasteiger partial charge in [-0.05, 0) is 36.8 Å². The number of ether oxygens (including phenoxy) is 1. The zero-order chi connectivity index (χ0) is 16.8. The Morgan fingerprint density at radius 2 is 1.96 bits per heavy atom. The number of carboxylic acids is 1. The van der Waals surface area contributed by atoms with Gasteiger partial charge in [0, 0.05) is 19.5 Å². The lowest BCUT2D eigenvalue weighted by Gasteiger charge is -2.31. The average molecular weight is 319 g/mol. The van der Waals surface area contributed by atoms with E-state index in [9.17, 15) is 9.59 Å². The van der Waals surface area contributed by atoms with Crippen molar-refractivity contribution >= 4 is 11.9 Å². The predicted molar refractivity (Wildman–Crippen MR) is 87.4 cm³/mol. The molecule has 0 saturated carbocycles. The van der Waals surface area contributed by atoms with Crippen molar-refractivity contribution in [2.24, 2.45) is 11.8 Å². The quantitative estimate of drug-likeness (QED) is 0.875. The molecule has 23 heavy (non-hydrogen) atoms. The molecule has 126 valence electrons. The molecule has 1 aromatic carbocycles. The van der Waals surface area contributed by atoms with Crippen LogP contribution >= 0.6 is 0 Å². The van der Waals surface area contributed by atoms with Crippen molar-refractivity contribution in [1.29, 1.82) is 0 Å². The van der Waals surface area contributed by atoms with Crippen LogP contribution in [0.25, 0.3) is 0 Å². The molecule has 0 bridgehead atoms. The predicted octanol–water partition coefficient (Wildman–Crippen LogP) is 2.59. The third-order valence-electron chi connectivity index (χ3n) is 4.48. The van der Waals surface area contributed by atoms with E-state index in [1.54, 1.807) is 12.0 Å². The molecule has 1 aliphatic rings. The number of piperidine rings is 1. The van der Waals surface area contributed by atoms with Crippen LogP contribution in [0.5, 0.6) is 5.75 Å². The first kappa shape index (κ1) is 17.3. The lowest BCUT2D eigenvalue weighted by Crippen LogP contribution is -2.40. The van der Waals surface area contributed by atoms with Crippen LogP contribution in [0.1, 0.15) is 31.7 Å². The largest absolute Gasteiger partial charge is 0.496 e. The zero-order valence-electron chi connectivity index (χ0n) is 13.8. The molecule has 5 heteroatoms. The summed E-state index contributed by atoms with van der Waals surface area (Å²) in [6.07, 6.45) is 2.39. The molecule has 0 spiro atoms. The lowest BCUT2D eigenvalue weighted by molar-refractivity contribution is -0.145. The van der Waals surface area contributed by atoms with Gasteiger partial charge in [-0.1, -0.05) is 25.1 Å². The molecule has 0 aliphatic carbocycles. The Morgan fingerprint density at radius 1 is 1.30 bits per heavy atom. The maximum absolute atomic E-state index is 12.4. The van der Waals surface area contributed by atoms with Gasteiger partial charge in [-0.25, -0.2) is 0 Å². The molecular weight excluding hydrogens is 294 g/mol. The SMILES string of the molecule is COc1ccccc1C[C@H](C)CC(=O)N1CCC(C(=O)O)CC1. The molecule has 5 nitrogen and oxygen atoms in total. The molecule has 1 heterocycles. The van der Waals surface area contributed by atoms with Crippen LogP contribution in [0, 0.1) is 11.8 Å². The molecule has 1 amide bonds. The number of nitrogens with zero attached hydrogens (tertiary/aromatic N) is 1. The molecular formula is C18H25NO4. The van der Waals surface area contributed by atoms with Crippen molar-refractivity contribution in [3.63, 3.8) is 0 Å². The van der Waals surface area contributed by atoms with Gasteiger partial charge in [0.25, 0.3) is 0 Å². The van der Waals surface area contributed by atoms with Crippen molar-refractivity contribution in [3.8, 4) is 5.75 Å². The van der Waals surface area contributed by atoms with Gasteiger partial charge >= 0.3 is 5.97 Å². The van der Waals surface area contributed by atoms with Crippen LogP contribution in [-0.4, -0.2) is 42.1 Å². The van der Waals surface area contributed by atoms with Gasteiger partial charge in [-0.3, -0.25) is 9.59 Å². The van der Waals surface area contributed by atoms with Gasteiger partial charge in [-0.2, -0.15) is 0 Å². The molecule has 0 radical (unpaired) electrons. The summed E-state index contributed by atoms with van der Waals surface area (Å²) in [5.41, 5.74) is 1.11. The topological polar surface area (TPSA) is 66.8 Å². The molecule has 1 aliphatic heterocycles. The first-order valence-corrected chi connectivity index (χ1v) is 8.13. The van der Waals surface area contributed by atoms with Crippen LogP contribution < -0.4 is 4.74 Å². The fourth-order valence-electron chi connectivity index (χ4n) is 3.12. The maximum atomic E-state index is 12.4. The van der Waals surface area contributed by atoms with Gasteiger partial charge < -0.3 is 14.7 Å². The molecule has 1 saturated heterocycles. The van der Waals surface area contributed by atoms with E-state index < -0.39 is 5.97 Å². The molecule has 2 rings (SSSR count). The van der Waals surface area contributed by atoms with Crippen LogP contribution in [0.15, 0.2) is 24.3 Å². The second-order valence-corrected chi connectivity index (χ2v) is 6.32. The molecule has 1 fully saturated rings. The van der Waals surface area contributed by atoms with Crippen LogP contribution in [-0.2, 0) is 16.0 Å². The molecule has 1 N–H and O–H groups in total. The number of carbonyl (C=O) groups excluding carboxylic acids is 1. The molecule has 1 aromatic rings. The minimum Gasteiger partial charge on any atom is -0.496 e. The third kappa shape index (κ3) is 4.71. The van der Waals surface area contributed by atoms with Crippen molar-refractivity contribution in [2.75, 3.05) is 20.2 Å².